The zero-order valence-corrected chi connectivity index (χ0v) is 26.4. The molecule has 6 rings (SSSR count). The molecule has 0 spiro atoms. The van der Waals surface area contributed by atoms with Crippen molar-refractivity contribution < 1.29 is 37.0 Å². The van der Waals surface area contributed by atoms with Crippen LogP contribution in [0.2, 0.25) is 0 Å². The summed E-state index contributed by atoms with van der Waals surface area (Å²) in [5.41, 5.74) is 2.47. The lowest BCUT2D eigenvalue weighted by Gasteiger charge is -2.35. The van der Waals surface area contributed by atoms with E-state index < -0.39 is 17.6 Å². The number of likely N-dealkylation sites (N-methyl/N-ethyl adjacent to an activating group) is 1. The van der Waals surface area contributed by atoms with Gasteiger partial charge in [-0.2, -0.15) is 13.2 Å². The van der Waals surface area contributed by atoms with Gasteiger partial charge in [-0.05, 0) is 78.7 Å². The Morgan fingerprint density at radius 2 is 1.69 bits per heavy atom. The molecule has 0 aliphatic carbocycles. The van der Waals surface area contributed by atoms with Gasteiger partial charge in [-0.3, -0.25) is 14.5 Å². The third-order valence-corrected chi connectivity index (χ3v) is 8.22. The number of pyridine rings is 1. The Balaban J connectivity index is 0.969. The van der Waals surface area contributed by atoms with E-state index >= 15 is 0 Å². The average Bonchev–Trinajstić information content (AvgIpc) is 3.54. The second kappa shape index (κ2) is 13.8. The number of nitrogens with one attached hydrogen (secondary N) is 1. The molecule has 4 aromatic rings. The van der Waals surface area contributed by atoms with Gasteiger partial charge >= 0.3 is 6.18 Å². The Morgan fingerprint density at radius 1 is 0.938 bits per heavy atom. The van der Waals surface area contributed by atoms with E-state index in [-0.39, 0.29) is 24.8 Å². The van der Waals surface area contributed by atoms with Crippen LogP contribution in [0.4, 0.5) is 24.5 Å². The third kappa shape index (κ3) is 7.80. The van der Waals surface area contributed by atoms with Crippen LogP contribution in [0, 0.1) is 6.92 Å². The molecule has 1 aromatic heterocycles. The number of amides is 2. The maximum absolute atomic E-state index is 13.1. The highest BCUT2D eigenvalue weighted by Crippen LogP contribution is 2.33. The van der Waals surface area contributed by atoms with Crippen LogP contribution >= 0.6 is 0 Å². The summed E-state index contributed by atoms with van der Waals surface area (Å²) in [6.45, 7) is 6.07. The number of aromatic nitrogens is 1. The number of fused-ring (bicyclic) bond motifs is 1. The van der Waals surface area contributed by atoms with Crippen LogP contribution in [0.25, 0.3) is 0 Å². The molecule has 0 bridgehead atoms. The van der Waals surface area contributed by atoms with Crippen LogP contribution in [0.1, 0.15) is 27.0 Å². The predicted octanol–water partition coefficient (Wildman–Crippen LogP) is 5.96. The van der Waals surface area contributed by atoms with Crippen LogP contribution < -0.4 is 24.4 Å². The number of anilines is 2. The molecule has 1 fully saturated rings. The van der Waals surface area contributed by atoms with Crippen LogP contribution in [0.3, 0.4) is 0 Å². The standard InChI is InChI=1S/C35H34F3N5O5/c1-23-17-28(41(2)21-33(44)43-15-13-42(14-16-43)20-24-3-10-30-31(18-24)47-22-46-30)9-11-29(23)48-32-12-8-27(19-39-32)40-34(45)25-4-6-26(7-5-25)35(36,37)38/h3-12,17-19H,13-16,20-22H2,1-2H3,(H,40,45). The molecule has 1 saturated heterocycles. The maximum atomic E-state index is 13.1. The molecule has 2 aliphatic heterocycles. The van der Waals surface area contributed by atoms with Crippen molar-refractivity contribution in [2.45, 2.75) is 19.6 Å². The highest BCUT2D eigenvalue weighted by molar-refractivity contribution is 6.04. The zero-order valence-electron chi connectivity index (χ0n) is 26.4. The summed E-state index contributed by atoms with van der Waals surface area (Å²) in [6.07, 6.45) is -3.07. The number of hydrogen-bond acceptors (Lipinski definition) is 8. The fraction of sp³-hybridized carbons (Fsp3) is 0.286. The number of hydrogen-bond donors (Lipinski definition) is 1. The minimum Gasteiger partial charge on any atom is -0.454 e. The summed E-state index contributed by atoms with van der Waals surface area (Å²) in [7, 11) is 1.88. The molecule has 0 atom stereocenters. The molecule has 48 heavy (non-hydrogen) atoms. The molecule has 13 heteroatoms. The summed E-state index contributed by atoms with van der Waals surface area (Å²) in [6, 6.07) is 18.7. The van der Waals surface area contributed by atoms with E-state index in [1.165, 1.54) is 6.20 Å². The van der Waals surface area contributed by atoms with E-state index in [2.05, 4.69) is 15.2 Å². The summed E-state index contributed by atoms with van der Waals surface area (Å²) in [5.74, 6) is 1.91. The van der Waals surface area contributed by atoms with Gasteiger partial charge in [0.15, 0.2) is 11.5 Å². The Hall–Kier alpha value is -5.30. The highest BCUT2D eigenvalue weighted by Gasteiger charge is 2.30. The van der Waals surface area contributed by atoms with Crippen molar-refractivity contribution in [2.75, 3.05) is 56.8 Å². The van der Waals surface area contributed by atoms with Crippen LogP contribution in [0.15, 0.2) is 79.0 Å². The van der Waals surface area contributed by atoms with E-state index in [0.29, 0.717) is 30.4 Å². The molecule has 10 nitrogen and oxygen atoms in total. The SMILES string of the molecule is Cc1cc(N(C)CC(=O)N2CCN(Cc3ccc4c(c3)OCO4)CC2)ccc1Oc1ccc(NC(=O)c2ccc(C(F)(F)F)cc2)cn1. The largest absolute Gasteiger partial charge is 0.454 e. The zero-order chi connectivity index (χ0) is 33.8. The topological polar surface area (TPSA) is 96.5 Å². The number of benzene rings is 3. The summed E-state index contributed by atoms with van der Waals surface area (Å²) >= 11 is 0. The minimum atomic E-state index is -4.48. The number of piperazine rings is 1. The smallest absolute Gasteiger partial charge is 0.416 e. The Morgan fingerprint density at radius 3 is 2.38 bits per heavy atom. The van der Waals surface area contributed by atoms with Gasteiger partial charge in [-0.25, -0.2) is 4.98 Å². The van der Waals surface area contributed by atoms with Gasteiger partial charge in [0.25, 0.3) is 5.91 Å². The van der Waals surface area contributed by atoms with Crippen LogP contribution in [-0.4, -0.2) is 73.2 Å². The van der Waals surface area contributed by atoms with Crippen molar-refractivity contribution in [3.63, 3.8) is 0 Å². The molecule has 0 saturated carbocycles. The van der Waals surface area contributed by atoms with Gasteiger partial charge in [-0.15, -0.1) is 0 Å². The highest BCUT2D eigenvalue weighted by atomic mass is 19.4. The minimum absolute atomic E-state index is 0.0629. The van der Waals surface area contributed by atoms with Gasteiger partial charge in [0, 0.05) is 57.1 Å². The maximum Gasteiger partial charge on any atom is 0.416 e. The van der Waals surface area contributed by atoms with Gasteiger partial charge in [-0.1, -0.05) is 6.07 Å². The van der Waals surface area contributed by atoms with Crippen molar-refractivity contribution in [1.82, 2.24) is 14.8 Å². The third-order valence-electron chi connectivity index (χ3n) is 8.22. The number of alkyl halides is 3. The molecular weight excluding hydrogens is 627 g/mol. The fourth-order valence-corrected chi connectivity index (χ4v) is 5.47. The lowest BCUT2D eigenvalue weighted by molar-refractivity contribution is -0.137. The second-order valence-electron chi connectivity index (χ2n) is 11.7. The molecule has 0 unspecified atom stereocenters. The van der Waals surface area contributed by atoms with Gasteiger partial charge in [0.1, 0.15) is 5.75 Å². The molecule has 250 valence electrons. The first-order valence-electron chi connectivity index (χ1n) is 15.3. The van der Waals surface area contributed by atoms with Crippen molar-refractivity contribution >= 4 is 23.2 Å². The number of rotatable bonds is 9. The molecule has 1 N–H and O–H groups in total. The number of carbonyl (C=O) groups is 2. The number of halogens is 3. The summed E-state index contributed by atoms with van der Waals surface area (Å²) < 4.78 is 55.2. The number of ether oxygens (including phenoxy) is 3. The van der Waals surface area contributed by atoms with Gasteiger partial charge in [0.05, 0.1) is 24.0 Å². The van der Waals surface area contributed by atoms with Crippen molar-refractivity contribution in [3.05, 3.63) is 101 Å². The quantitative estimate of drug-likeness (QED) is 0.235. The van der Waals surface area contributed by atoms with E-state index in [1.54, 1.807) is 12.1 Å². The fourth-order valence-electron chi connectivity index (χ4n) is 5.47. The Bertz CT molecular complexity index is 1780. The van der Waals surface area contributed by atoms with E-state index in [9.17, 15) is 22.8 Å². The first kappa shape index (κ1) is 32.6. The molecule has 2 amide bonds. The second-order valence-corrected chi connectivity index (χ2v) is 11.7. The predicted molar refractivity (Wildman–Crippen MR) is 173 cm³/mol. The van der Waals surface area contributed by atoms with Crippen molar-refractivity contribution in [3.8, 4) is 23.1 Å². The van der Waals surface area contributed by atoms with Crippen molar-refractivity contribution in [1.29, 1.82) is 0 Å². The van der Waals surface area contributed by atoms with Crippen LogP contribution in [0.5, 0.6) is 23.1 Å². The summed E-state index contributed by atoms with van der Waals surface area (Å²) in [5, 5.41) is 2.61. The van der Waals surface area contributed by atoms with E-state index in [1.807, 2.05) is 60.2 Å². The van der Waals surface area contributed by atoms with Gasteiger partial charge in [0.2, 0.25) is 18.6 Å². The molecule has 3 heterocycles. The van der Waals surface area contributed by atoms with Crippen LogP contribution in [-0.2, 0) is 17.5 Å². The Labute approximate surface area is 275 Å². The molecule has 3 aromatic carbocycles. The number of aryl methyl sites for hydroxylation is 1. The number of carbonyl (C=O) groups excluding carboxylic acids is 2. The van der Waals surface area contributed by atoms with Crippen molar-refractivity contribution in [2.24, 2.45) is 0 Å². The first-order chi connectivity index (χ1) is 23.0. The Kier molecular flexibility index (Phi) is 9.40. The average molecular weight is 662 g/mol. The molecule has 0 radical (unpaired) electrons. The van der Waals surface area contributed by atoms with Gasteiger partial charge < -0.3 is 29.3 Å². The lowest BCUT2D eigenvalue weighted by Crippen LogP contribution is -2.50. The monoisotopic (exact) mass is 661 g/mol. The number of nitrogens with zero attached hydrogens (tertiary/aromatic N) is 4. The molecular formula is C35H34F3N5O5. The lowest BCUT2D eigenvalue weighted by atomic mass is 10.1. The van der Waals surface area contributed by atoms with E-state index in [4.69, 9.17) is 14.2 Å². The van der Waals surface area contributed by atoms with E-state index in [0.717, 1.165) is 72.2 Å². The summed E-state index contributed by atoms with van der Waals surface area (Å²) in [4.78, 5) is 36.0. The normalized spacial score (nSPS) is 14.5. The molecule has 2 aliphatic rings. The first-order valence-corrected chi connectivity index (χ1v) is 15.3.